The molecule has 2 aromatic carbocycles. The summed E-state index contributed by atoms with van der Waals surface area (Å²) in [5, 5.41) is 4.25. The Kier molecular flexibility index (Phi) is 5.33. The Morgan fingerprint density at radius 1 is 1.12 bits per heavy atom. The number of anilines is 1. The number of carbonyl (C=O) groups is 1. The number of nitrogens with one attached hydrogen (secondary N) is 1. The molecule has 2 nitrogen and oxygen atoms in total. The summed E-state index contributed by atoms with van der Waals surface area (Å²) in [6.45, 7) is 0. The first-order chi connectivity index (χ1) is 11.5. The molecule has 0 bridgehead atoms. The van der Waals surface area contributed by atoms with Gasteiger partial charge in [0, 0.05) is 21.3 Å². The Bertz CT molecular complexity index is 806. The minimum Gasteiger partial charge on any atom is -0.324 e. The van der Waals surface area contributed by atoms with E-state index in [0.717, 1.165) is 34.7 Å². The topological polar surface area (TPSA) is 29.1 Å². The lowest BCUT2D eigenvalue weighted by Crippen LogP contribution is -2.27. The van der Waals surface area contributed by atoms with Crippen LogP contribution in [0.15, 0.2) is 48.5 Å². The summed E-state index contributed by atoms with van der Waals surface area (Å²) in [6.07, 6.45) is 6.65. The highest BCUT2D eigenvalue weighted by Gasteiger charge is 2.43. The van der Waals surface area contributed by atoms with Crippen molar-refractivity contribution in [1.29, 1.82) is 0 Å². The van der Waals surface area contributed by atoms with E-state index in [1.165, 1.54) is 0 Å². The third-order valence-corrected chi connectivity index (χ3v) is 5.72. The monoisotopic (exact) mass is 423 g/mol. The maximum atomic E-state index is 12.4. The Labute approximate surface area is 160 Å². The van der Waals surface area contributed by atoms with Gasteiger partial charge in [0.05, 0.1) is 0 Å². The van der Waals surface area contributed by atoms with Crippen molar-refractivity contribution in [3.8, 4) is 0 Å². The summed E-state index contributed by atoms with van der Waals surface area (Å²) in [4.78, 5) is 12.4. The van der Waals surface area contributed by atoms with Crippen LogP contribution in [0.3, 0.4) is 0 Å². The molecule has 1 aliphatic heterocycles. The van der Waals surface area contributed by atoms with Crippen molar-refractivity contribution < 1.29 is 4.79 Å². The highest BCUT2D eigenvalue weighted by molar-refractivity contribution is 9.10. The first-order valence-electron chi connectivity index (χ1n) is 7.71. The van der Waals surface area contributed by atoms with Crippen molar-refractivity contribution in [1.82, 2.24) is 0 Å². The quantitative estimate of drug-likeness (QED) is 0.435. The van der Waals surface area contributed by atoms with Gasteiger partial charge in [-0.2, -0.15) is 0 Å². The molecule has 0 aliphatic carbocycles. The summed E-state index contributed by atoms with van der Waals surface area (Å²) in [5.74, 6) is -0.0291. The van der Waals surface area contributed by atoms with E-state index in [1.54, 1.807) is 6.07 Å². The SMILES string of the molecule is O=C1Nc2cc(Cl)ccc2C1(Br)CCCC=Cc1cccc(Cl)c1. The molecule has 5 heteroatoms. The number of halogens is 3. The minimum absolute atomic E-state index is 0.0291. The van der Waals surface area contributed by atoms with Gasteiger partial charge in [-0.05, 0) is 49.1 Å². The molecule has 1 unspecified atom stereocenters. The number of unbranched alkanes of at least 4 members (excludes halogenated alkanes) is 1. The first kappa shape index (κ1) is 17.5. The zero-order valence-electron chi connectivity index (χ0n) is 12.9. The standard InChI is InChI=1S/C19H16BrCl2NO/c20-19(16-9-8-15(22)12-17(16)23-18(19)24)10-3-1-2-5-13-6-4-7-14(21)11-13/h2,4-9,11-12H,1,3,10H2,(H,23,24). The molecule has 0 spiro atoms. The van der Waals surface area contributed by atoms with Crippen LogP contribution in [0.25, 0.3) is 6.08 Å². The van der Waals surface area contributed by atoms with Gasteiger partial charge in [0.15, 0.2) is 0 Å². The van der Waals surface area contributed by atoms with Gasteiger partial charge in [0.2, 0.25) is 5.91 Å². The molecular weight excluding hydrogens is 409 g/mol. The van der Waals surface area contributed by atoms with Crippen LogP contribution in [0.4, 0.5) is 5.69 Å². The molecule has 0 saturated carbocycles. The van der Waals surface area contributed by atoms with Gasteiger partial charge in [-0.3, -0.25) is 4.79 Å². The molecule has 124 valence electrons. The Morgan fingerprint density at radius 3 is 2.71 bits per heavy atom. The fourth-order valence-electron chi connectivity index (χ4n) is 2.85. The Morgan fingerprint density at radius 2 is 1.92 bits per heavy atom. The number of amides is 1. The summed E-state index contributed by atoms with van der Waals surface area (Å²) in [5.41, 5.74) is 2.82. The average Bonchev–Trinajstić information content (AvgIpc) is 2.78. The normalized spacial score (nSPS) is 19.5. The van der Waals surface area contributed by atoms with E-state index in [-0.39, 0.29) is 5.91 Å². The van der Waals surface area contributed by atoms with Crippen LogP contribution in [-0.2, 0) is 9.12 Å². The van der Waals surface area contributed by atoms with E-state index < -0.39 is 4.32 Å². The van der Waals surface area contributed by atoms with E-state index >= 15 is 0 Å². The van der Waals surface area contributed by atoms with Gasteiger partial charge < -0.3 is 5.32 Å². The number of allylic oxidation sites excluding steroid dienone is 1. The van der Waals surface area contributed by atoms with Crippen molar-refractivity contribution in [3.63, 3.8) is 0 Å². The van der Waals surface area contributed by atoms with Crippen LogP contribution < -0.4 is 5.32 Å². The fraction of sp³-hybridized carbons (Fsp3) is 0.211. The molecule has 0 saturated heterocycles. The maximum Gasteiger partial charge on any atom is 0.245 e. The molecule has 1 N–H and O–H groups in total. The lowest BCUT2D eigenvalue weighted by molar-refractivity contribution is -0.118. The number of rotatable bonds is 5. The summed E-state index contributed by atoms with van der Waals surface area (Å²) in [6, 6.07) is 13.2. The van der Waals surface area contributed by atoms with Crippen LogP contribution in [-0.4, -0.2) is 5.91 Å². The number of carbonyl (C=O) groups excluding carboxylic acids is 1. The van der Waals surface area contributed by atoms with Gasteiger partial charge in [-0.1, -0.05) is 69.5 Å². The zero-order valence-corrected chi connectivity index (χ0v) is 16.0. The van der Waals surface area contributed by atoms with Gasteiger partial charge in [-0.25, -0.2) is 0 Å². The minimum atomic E-state index is -0.670. The number of hydrogen-bond donors (Lipinski definition) is 1. The third kappa shape index (κ3) is 3.69. The number of alkyl halides is 1. The first-order valence-corrected chi connectivity index (χ1v) is 9.26. The van der Waals surface area contributed by atoms with Crippen LogP contribution in [0, 0.1) is 0 Å². The van der Waals surface area contributed by atoms with Crippen LogP contribution in [0.5, 0.6) is 0 Å². The lowest BCUT2D eigenvalue weighted by atomic mass is 9.94. The van der Waals surface area contributed by atoms with E-state index in [2.05, 4.69) is 33.4 Å². The summed E-state index contributed by atoms with van der Waals surface area (Å²) in [7, 11) is 0. The zero-order chi connectivity index (χ0) is 17.2. The van der Waals surface area contributed by atoms with Crippen LogP contribution >= 0.6 is 39.1 Å². The highest BCUT2D eigenvalue weighted by Crippen LogP contribution is 2.46. The van der Waals surface area contributed by atoms with Crippen molar-refractivity contribution >= 4 is 56.8 Å². The molecule has 1 atom stereocenters. The van der Waals surface area contributed by atoms with Crippen molar-refractivity contribution in [3.05, 3.63) is 69.7 Å². The van der Waals surface area contributed by atoms with E-state index in [9.17, 15) is 4.79 Å². The van der Waals surface area contributed by atoms with E-state index in [1.807, 2.05) is 36.4 Å². The van der Waals surface area contributed by atoms with Gasteiger partial charge in [0.25, 0.3) is 0 Å². The average molecular weight is 425 g/mol. The molecule has 3 rings (SSSR count). The molecule has 0 radical (unpaired) electrons. The number of hydrogen-bond acceptors (Lipinski definition) is 1. The van der Waals surface area contributed by atoms with E-state index in [0.29, 0.717) is 11.4 Å². The molecular formula is C19H16BrCl2NO. The molecule has 2 aromatic rings. The molecule has 1 aliphatic rings. The van der Waals surface area contributed by atoms with Gasteiger partial charge >= 0.3 is 0 Å². The smallest absolute Gasteiger partial charge is 0.245 e. The molecule has 24 heavy (non-hydrogen) atoms. The molecule has 0 aromatic heterocycles. The second-order valence-corrected chi connectivity index (χ2v) is 8.02. The highest BCUT2D eigenvalue weighted by atomic mass is 79.9. The number of benzene rings is 2. The molecule has 1 heterocycles. The predicted octanol–water partition coefficient (Wildman–Crippen LogP) is 6.42. The van der Waals surface area contributed by atoms with Crippen molar-refractivity contribution in [2.75, 3.05) is 5.32 Å². The van der Waals surface area contributed by atoms with Crippen molar-refractivity contribution in [2.45, 2.75) is 23.6 Å². The number of fused-ring (bicyclic) bond motifs is 1. The predicted molar refractivity (Wildman–Crippen MR) is 105 cm³/mol. The van der Waals surface area contributed by atoms with Crippen LogP contribution in [0.2, 0.25) is 10.0 Å². The maximum absolute atomic E-state index is 12.4. The second kappa shape index (κ2) is 7.30. The fourth-order valence-corrected chi connectivity index (χ4v) is 3.95. The van der Waals surface area contributed by atoms with Gasteiger partial charge in [-0.15, -0.1) is 0 Å². The Balaban J connectivity index is 1.61. The second-order valence-electron chi connectivity index (χ2n) is 5.79. The molecule has 0 fully saturated rings. The summed E-state index contributed by atoms with van der Waals surface area (Å²) < 4.78 is -0.670. The summed E-state index contributed by atoms with van der Waals surface area (Å²) >= 11 is 15.6. The van der Waals surface area contributed by atoms with Crippen LogP contribution in [0.1, 0.15) is 30.4 Å². The third-order valence-electron chi connectivity index (χ3n) is 4.07. The van der Waals surface area contributed by atoms with Crippen molar-refractivity contribution in [2.24, 2.45) is 0 Å². The Hall–Kier alpha value is -1.29. The largest absolute Gasteiger partial charge is 0.324 e. The van der Waals surface area contributed by atoms with Gasteiger partial charge in [0.1, 0.15) is 4.32 Å². The van der Waals surface area contributed by atoms with E-state index in [4.69, 9.17) is 23.2 Å². The molecule has 1 amide bonds. The lowest BCUT2D eigenvalue weighted by Gasteiger charge is -2.19.